The summed E-state index contributed by atoms with van der Waals surface area (Å²) in [5, 5.41) is 10.3. The fourth-order valence-electron chi connectivity index (χ4n) is 9.88. The molecule has 0 radical (unpaired) electrons. The molecule has 222 valence electrons. The van der Waals surface area contributed by atoms with Crippen molar-refractivity contribution in [2.75, 3.05) is 6.54 Å². The second-order valence-corrected chi connectivity index (χ2v) is 14.6. The zero-order valence-corrected chi connectivity index (χ0v) is 25.3. The first-order chi connectivity index (χ1) is 18.5. The third-order valence-corrected chi connectivity index (χ3v) is 12.1. The van der Waals surface area contributed by atoms with Crippen LogP contribution in [0.5, 0.6) is 0 Å². The van der Waals surface area contributed by atoms with Crippen LogP contribution in [0, 0.1) is 46.3 Å². The van der Waals surface area contributed by atoms with E-state index in [9.17, 15) is 9.90 Å². The van der Waals surface area contributed by atoms with E-state index in [1.807, 2.05) is 0 Å². The summed E-state index contributed by atoms with van der Waals surface area (Å²) in [4.78, 5) is 16.6. The molecular formula is C33H58N4O2. The topological polar surface area (TPSA) is 128 Å². The molecule has 0 saturated heterocycles. The largest absolute Gasteiger partial charge is 0.393 e. The number of fused-ring (bicyclic) bond motifs is 5. The van der Waals surface area contributed by atoms with Crippen LogP contribution in [0.1, 0.15) is 118 Å². The quantitative estimate of drug-likeness (QED) is 0.109. The molecule has 7 N–H and O–H groups in total. The van der Waals surface area contributed by atoms with Gasteiger partial charge in [-0.15, -0.1) is 0 Å². The predicted octanol–water partition coefficient (Wildman–Crippen LogP) is 5.71. The Balaban J connectivity index is 1.24. The Labute approximate surface area is 238 Å². The van der Waals surface area contributed by atoms with E-state index < -0.39 is 6.04 Å². The van der Waals surface area contributed by atoms with Gasteiger partial charge in [-0.1, -0.05) is 58.6 Å². The Morgan fingerprint density at radius 2 is 1.82 bits per heavy atom. The van der Waals surface area contributed by atoms with Crippen LogP contribution in [0.2, 0.25) is 0 Å². The fourth-order valence-corrected chi connectivity index (χ4v) is 9.88. The highest BCUT2D eigenvalue weighted by molar-refractivity contribution is 5.83. The van der Waals surface area contributed by atoms with Gasteiger partial charge in [0.25, 0.3) is 0 Å². The van der Waals surface area contributed by atoms with Crippen molar-refractivity contribution in [1.29, 1.82) is 0 Å². The highest BCUT2D eigenvalue weighted by Crippen LogP contribution is 2.67. The van der Waals surface area contributed by atoms with Crippen LogP contribution in [0.4, 0.5) is 0 Å². The lowest BCUT2D eigenvalue weighted by molar-refractivity contribution is -0.121. The van der Waals surface area contributed by atoms with E-state index in [-0.39, 0.29) is 17.8 Å². The maximum absolute atomic E-state index is 12.6. The molecule has 3 fully saturated rings. The summed E-state index contributed by atoms with van der Waals surface area (Å²) < 4.78 is 0. The van der Waals surface area contributed by atoms with Crippen LogP contribution in [-0.2, 0) is 4.79 Å². The number of aliphatic hydroxyl groups is 1. The lowest BCUT2D eigenvalue weighted by Gasteiger charge is -2.58. The van der Waals surface area contributed by atoms with Crippen molar-refractivity contribution in [3.05, 3.63) is 11.6 Å². The third kappa shape index (κ3) is 6.58. The SMILES string of the molecule is CC(CCC[C@@H](C)[C@H]1CC[C@H]2[C@@H]3CC=C4C[C@@H](O)CC[C@]4(C)[C@H]3CC[C@]12C)CC(=O)[C@@H](N)CCCN=C(N)N. The van der Waals surface area contributed by atoms with Gasteiger partial charge < -0.3 is 22.3 Å². The molecule has 4 aliphatic carbocycles. The van der Waals surface area contributed by atoms with E-state index in [1.54, 1.807) is 5.57 Å². The van der Waals surface area contributed by atoms with Crippen LogP contribution in [0.25, 0.3) is 0 Å². The molecule has 0 aliphatic heterocycles. The molecule has 6 heteroatoms. The number of carbonyl (C=O) groups is 1. The number of hydrogen-bond donors (Lipinski definition) is 4. The molecule has 0 aromatic carbocycles. The zero-order chi connectivity index (χ0) is 28.4. The summed E-state index contributed by atoms with van der Waals surface area (Å²) in [5.41, 5.74) is 19.2. The van der Waals surface area contributed by atoms with Gasteiger partial charge >= 0.3 is 0 Å². The first-order valence-corrected chi connectivity index (χ1v) is 16.2. The molecule has 4 rings (SSSR count). The van der Waals surface area contributed by atoms with Crippen LogP contribution < -0.4 is 17.2 Å². The van der Waals surface area contributed by atoms with Gasteiger partial charge in [0.1, 0.15) is 5.78 Å². The van der Waals surface area contributed by atoms with Crippen LogP contribution in [0.3, 0.4) is 0 Å². The van der Waals surface area contributed by atoms with Crippen molar-refractivity contribution >= 4 is 11.7 Å². The van der Waals surface area contributed by atoms with Crippen LogP contribution in [-0.4, -0.2) is 35.5 Å². The molecule has 0 aromatic heterocycles. The lowest BCUT2D eigenvalue weighted by atomic mass is 9.47. The molecule has 6 nitrogen and oxygen atoms in total. The minimum atomic E-state index is -0.405. The van der Waals surface area contributed by atoms with Gasteiger partial charge in [0.2, 0.25) is 0 Å². The second kappa shape index (κ2) is 12.6. The maximum Gasteiger partial charge on any atom is 0.185 e. The first kappa shape index (κ1) is 30.6. The molecule has 3 saturated carbocycles. The monoisotopic (exact) mass is 542 g/mol. The second-order valence-electron chi connectivity index (χ2n) is 14.6. The number of ketones is 1. The number of allylic oxidation sites excluding steroid dienone is 1. The standard InChI is InChI=1S/C33H58N4O2/c1-21(19-30(39)29(34)9-6-18-37-31(35)36)7-5-8-22(2)26-12-13-27-25-11-10-23-20-24(38)14-16-32(23,3)28(25)15-17-33(26,27)4/h10,21-22,24-29,38H,5-9,11-20,34H2,1-4H3,(H4,35,36,37)/t21?,22-,24+,25+,26-,27+,28+,29+,32+,33-/m1/s1. The van der Waals surface area contributed by atoms with Crippen LogP contribution in [0.15, 0.2) is 16.6 Å². The molecule has 1 unspecified atom stereocenters. The van der Waals surface area contributed by atoms with Gasteiger partial charge in [-0.25, -0.2) is 0 Å². The average molecular weight is 543 g/mol. The van der Waals surface area contributed by atoms with Crippen molar-refractivity contribution < 1.29 is 9.90 Å². The summed E-state index contributed by atoms with van der Waals surface area (Å²) in [6.45, 7) is 10.4. The number of carbonyl (C=O) groups excluding carboxylic acids is 1. The van der Waals surface area contributed by atoms with E-state index in [0.29, 0.717) is 36.1 Å². The zero-order valence-electron chi connectivity index (χ0n) is 25.3. The highest BCUT2D eigenvalue weighted by Gasteiger charge is 2.59. The number of aliphatic imine (C=N–C) groups is 1. The van der Waals surface area contributed by atoms with Crippen LogP contribution >= 0.6 is 0 Å². The Bertz CT molecular complexity index is 913. The molecule has 39 heavy (non-hydrogen) atoms. The van der Waals surface area contributed by atoms with Gasteiger partial charge in [0, 0.05) is 13.0 Å². The Morgan fingerprint density at radius 3 is 2.56 bits per heavy atom. The number of aliphatic hydroxyl groups excluding tert-OH is 1. The molecule has 4 aliphatic rings. The highest BCUT2D eigenvalue weighted by atomic mass is 16.3. The van der Waals surface area contributed by atoms with E-state index >= 15 is 0 Å². The average Bonchev–Trinajstić information content (AvgIpc) is 3.24. The van der Waals surface area contributed by atoms with Crippen molar-refractivity contribution in [3.63, 3.8) is 0 Å². The predicted molar refractivity (Wildman–Crippen MR) is 161 cm³/mol. The van der Waals surface area contributed by atoms with Crippen molar-refractivity contribution in [2.24, 2.45) is 68.5 Å². The molecule has 0 heterocycles. The minimum Gasteiger partial charge on any atom is -0.393 e. The van der Waals surface area contributed by atoms with E-state index in [0.717, 1.165) is 55.3 Å². The molecular weight excluding hydrogens is 484 g/mol. The van der Waals surface area contributed by atoms with Gasteiger partial charge in [-0.05, 0) is 111 Å². The first-order valence-electron chi connectivity index (χ1n) is 16.2. The summed E-state index contributed by atoms with van der Waals surface area (Å²) in [6, 6.07) is -0.405. The Hall–Kier alpha value is -1.40. The summed E-state index contributed by atoms with van der Waals surface area (Å²) in [7, 11) is 0. The van der Waals surface area contributed by atoms with E-state index in [2.05, 4.69) is 38.8 Å². The molecule has 0 aromatic rings. The van der Waals surface area contributed by atoms with Gasteiger partial charge in [0.15, 0.2) is 5.96 Å². The molecule has 0 bridgehead atoms. The summed E-state index contributed by atoms with van der Waals surface area (Å²) in [6.07, 6.45) is 17.8. The molecule has 0 spiro atoms. The normalized spacial score (nSPS) is 38.0. The smallest absolute Gasteiger partial charge is 0.185 e. The Morgan fingerprint density at radius 1 is 1.05 bits per heavy atom. The molecule has 10 atom stereocenters. The molecule has 0 amide bonds. The number of nitrogens with two attached hydrogens (primary N) is 3. The lowest BCUT2D eigenvalue weighted by Crippen LogP contribution is -2.50. The van der Waals surface area contributed by atoms with E-state index in [1.165, 1.54) is 51.4 Å². The number of nitrogens with zero attached hydrogens (tertiary/aromatic N) is 1. The van der Waals surface area contributed by atoms with Gasteiger partial charge in [-0.2, -0.15) is 0 Å². The number of rotatable bonds is 12. The van der Waals surface area contributed by atoms with Crippen molar-refractivity contribution in [1.82, 2.24) is 0 Å². The number of guanidine groups is 1. The number of Topliss-reactive ketones (excluding diaryl/α,β-unsaturated/α-hetero) is 1. The minimum absolute atomic E-state index is 0.0904. The van der Waals surface area contributed by atoms with E-state index in [4.69, 9.17) is 17.2 Å². The third-order valence-electron chi connectivity index (χ3n) is 12.1. The van der Waals surface area contributed by atoms with Gasteiger partial charge in [-0.3, -0.25) is 9.79 Å². The van der Waals surface area contributed by atoms with Crippen molar-refractivity contribution in [2.45, 2.75) is 130 Å². The summed E-state index contributed by atoms with van der Waals surface area (Å²) in [5.74, 6) is 4.72. The fraction of sp³-hybridized carbons (Fsp3) is 0.879. The Kier molecular flexibility index (Phi) is 9.90. The number of hydrogen-bond acceptors (Lipinski definition) is 4. The van der Waals surface area contributed by atoms with Crippen molar-refractivity contribution in [3.8, 4) is 0 Å². The summed E-state index contributed by atoms with van der Waals surface area (Å²) >= 11 is 0. The van der Waals surface area contributed by atoms with Gasteiger partial charge in [0.05, 0.1) is 12.1 Å². The maximum atomic E-state index is 12.6.